The molecule has 0 spiro atoms. The van der Waals surface area contributed by atoms with Gasteiger partial charge in [0.15, 0.2) is 0 Å². The molecule has 0 saturated carbocycles. The highest BCUT2D eigenvalue weighted by atomic mass is 35.5. The van der Waals surface area contributed by atoms with Crippen molar-refractivity contribution in [2.45, 2.75) is 115 Å². The molecule has 240 valence electrons. The number of anilines is 2. The number of hydroxylamine groups is 4. The number of hydrogen-bond donors (Lipinski definition) is 2. The highest BCUT2D eigenvalue weighted by Crippen LogP contribution is 2.41. The summed E-state index contributed by atoms with van der Waals surface area (Å²) in [6, 6.07) is 0. The average molecular weight is 670 g/mol. The molecule has 0 atom stereocenters. The van der Waals surface area contributed by atoms with Crippen molar-refractivity contribution in [1.29, 1.82) is 0 Å². The highest BCUT2D eigenvalue weighted by molar-refractivity contribution is 6.99. The molecule has 2 N–H and O–H groups in total. The van der Waals surface area contributed by atoms with Crippen molar-refractivity contribution in [3.8, 4) is 11.8 Å². The van der Waals surface area contributed by atoms with Crippen molar-refractivity contribution in [2.75, 3.05) is 36.0 Å². The molecule has 3 aliphatic heterocycles. The van der Waals surface area contributed by atoms with Gasteiger partial charge in [0.25, 0.3) is 11.8 Å². The van der Waals surface area contributed by atoms with Crippen LogP contribution in [-0.4, -0.2) is 98.6 Å². The summed E-state index contributed by atoms with van der Waals surface area (Å²) >= 11 is 2.33. The summed E-state index contributed by atoms with van der Waals surface area (Å²) in [5.74, 6) is 2.70. The minimum Gasteiger partial charge on any atom is -0.471 e. The second kappa shape index (κ2) is 12.6. The molecule has 0 unspecified atom stereocenters. The molecule has 5 rings (SSSR count). The summed E-state index contributed by atoms with van der Waals surface area (Å²) in [5, 5.41) is 24.2. The number of halogens is 2. The van der Waals surface area contributed by atoms with E-state index >= 15 is 0 Å². The lowest BCUT2D eigenvalue weighted by Gasteiger charge is -2.51. The molecule has 2 aromatic heterocycles. The van der Waals surface area contributed by atoms with E-state index in [0.29, 0.717) is 37.4 Å². The normalized spacial score (nSPS) is 24.5. The van der Waals surface area contributed by atoms with E-state index in [9.17, 15) is 10.4 Å². The lowest BCUT2D eigenvalue weighted by molar-refractivity contribution is -0.255. The molecule has 3 saturated heterocycles. The molecule has 0 radical (unpaired) electrons. The maximum atomic E-state index is 10.6. The third-order valence-corrected chi connectivity index (χ3v) is 9.53. The van der Waals surface area contributed by atoms with Crippen LogP contribution in [0.15, 0.2) is 0 Å². The molecule has 42 heavy (non-hydrogen) atoms. The third kappa shape index (κ3) is 7.01. The summed E-state index contributed by atoms with van der Waals surface area (Å²) < 4.78 is 31.0. The van der Waals surface area contributed by atoms with Crippen molar-refractivity contribution in [3.63, 3.8) is 0 Å². The van der Waals surface area contributed by atoms with E-state index in [-0.39, 0.29) is 37.0 Å². The van der Waals surface area contributed by atoms with Crippen molar-refractivity contribution in [1.82, 2.24) is 27.6 Å². The quantitative estimate of drug-likeness (QED) is 0.424. The Morgan fingerprint density at radius 1 is 0.571 bits per heavy atom. The molecule has 3 fully saturated rings. The van der Waals surface area contributed by atoms with Gasteiger partial charge in [-0.3, -0.25) is 0 Å². The molecule has 3 aliphatic rings. The molecule has 0 amide bonds. The number of aromatic nitrogens is 4. The topological polar surface area (TPSA) is 123 Å². The number of nitrogens with zero attached hydrogens (tertiary/aromatic N) is 8. The fraction of sp³-hybridized carbons (Fsp3) is 0.846. The smallest absolute Gasteiger partial charge is 0.271 e. The van der Waals surface area contributed by atoms with Gasteiger partial charge in [0.2, 0.25) is 11.6 Å². The van der Waals surface area contributed by atoms with E-state index in [4.69, 9.17) is 9.47 Å². The third-order valence-electron chi connectivity index (χ3n) is 8.52. The Kier molecular flexibility index (Phi) is 10.6. The lowest BCUT2D eigenvalue weighted by Crippen LogP contribution is -2.61. The maximum Gasteiger partial charge on any atom is 0.271 e. The van der Waals surface area contributed by atoms with E-state index in [2.05, 4.69) is 27.3 Å². The maximum absolute atomic E-state index is 10.6. The van der Waals surface area contributed by atoms with Gasteiger partial charge in [-0.05, 0) is 55.4 Å². The summed E-state index contributed by atoms with van der Waals surface area (Å²) in [4.78, 5) is 4.43. The first-order valence-corrected chi connectivity index (χ1v) is 15.5. The fourth-order valence-electron chi connectivity index (χ4n) is 6.86. The molecule has 0 aromatic carbocycles. The Hall–Kier alpha value is -1.26. The minimum absolute atomic E-state index is 0. The van der Waals surface area contributed by atoms with Crippen molar-refractivity contribution >= 4 is 59.9 Å². The number of piperazine rings is 1. The van der Waals surface area contributed by atoms with Crippen LogP contribution in [0.5, 0.6) is 11.8 Å². The minimum atomic E-state index is -0.399. The predicted molar refractivity (Wildman–Crippen MR) is 170 cm³/mol. The number of hydrogen-bond acceptors (Lipinski definition) is 14. The second-order valence-corrected chi connectivity index (χ2v) is 15.0. The molecule has 0 aliphatic carbocycles. The molecule has 0 bridgehead atoms. The zero-order valence-electron chi connectivity index (χ0n) is 25.7. The summed E-state index contributed by atoms with van der Waals surface area (Å²) in [7, 11) is 0. The van der Waals surface area contributed by atoms with E-state index in [1.54, 1.807) is 0 Å². The average Bonchev–Trinajstić information content (AvgIpc) is 3.50. The first-order chi connectivity index (χ1) is 18.6. The van der Waals surface area contributed by atoms with Gasteiger partial charge in [-0.1, -0.05) is 0 Å². The Bertz CT molecular complexity index is 1060. The molecule has 12 nitrogen and oxygen atoms in total. The van der Waals surface area contributed by atoms with Gasteiger partial charge >= 0.3 is 0 Å². The molecule has 16 heteroatoms. The van der Waals surface area contributed by atoms with E-state index in [0.717, 1.165) is 37.8 Å². The molecule has 2 aromatic rings. The van der Waals surface area contributed by atoms with E-state index in [1.807, 2.05) is 55.4 Å². The summed E-state index contributed by atoms with van der Waals surface area (Å²) in [6.07, 6.45) is 2.66. The van der Waals surface area contributed by atoms with Crippen molar-refractivity contribution < 1.29 is 19.9 Å². The second-order valence-electron chi connectivity index (χ2n) is 13.9. The van der Waals surface area contributed by atoms with E-state index in [1.165, 1.54) is 33.6 Å². The van der Waals surface area contributed by atoms with Gasteiger partial charge in [0.05, 0.1) is 23.5 Å². The number of piperidine rings is 2. The number of rotatable bonds is 6. The number of ether oxygens (including phenoxy) is 2. The van der Waals surface area contributed by atoms with Crippen LogP contribution in [0.1, 0.15) is 81.1 Å². The first kappa shape index (κ1) is 35.2. The molecule has 5 heterocycles. The van der Waals surface area contributed by atoms with Gasteiger partial charge in [-0.25, -0.2) is 0 Å². The highest BCUT2D eigenvalue weighted by Gasteiger charge is 2.47. The van der Waals surface area contributed by atoms with Crippen LogP contribution in [0.4, 0.5) is 11.6 Å². The zero-order chi connectivity index (χ0) is 29.1. The lowest BCUT2D eigenvalue weighted by atomic mass is 9.80. The largest absolute Gasteiger partial charge is 0.471 e. The first-order valence-electron chi connectivity index (χ1n) is 14.1. The van der Waals surface area contributed by atoms with Crippen LogP contribution in [0.2, 0.25) is 0 Å². The van der Waals surface area contributed by atoms with Gasteiger partial charge in [0.1, 0.15) is 12.2 Å². The zero-order valence-corrected chi connectivity index (χ0v) is 29.0. The van der Waals surface area contributed by atoms with Gasteiger partial charge in [0, 0.05) is 74.0 Å². The van der Waals surface area contributed by atoms with Crippen molar-refractivity contribution in [3.05, 3.63) is 0 Å². The van der Waals surface area contributed by atoms with Gasteiger partial charge in [-0.2, -0.15) is 18.9 Å². The Labute approximate surface area is 269 Å². The van der Waals surface area contributed by atoms with Gasteiger partial charge < -0.3 is 29.7 Å². The van der Waals surface area contributed by atoms with Gasteiger partial charge in [-0.15, -0.1) is 33.6 Å². The Morgan fingerprint density at radius 2 is 0.857 bits per heavy atom. The van der Waals surface area contributed by atoms with E-state index < -0.39 is 22.2 Å². The SMILES string of the molecule is CC1(C)CC(Oc2nsnc2N2CCN(c3nsnc3OC3CC(C)(C)N(O)C(C)(C)C3)CC2)CC(C)(C)N1O.Cl.Cl. The fourth-order valence-corrected chi connectivity index (χ4v) is 7.88. The van der Waals surface area contributed by atoms with Crippen LogP contribution in [-0.2, 0) is 0 Å². The summed E-state index contributed by atoms with van der Waals surface area (Å²) in [6.45, 7) is 19.2. The standard InChI is InChI=1S/C26H44N8O4S2.2ClH/c1-23(2)13-17(14-24(3,4)33(23)35)37-21-19(27-39-29-21)31-9-11-32(12-10-31)20-22(30-40-28-20)38-18-15-25(5,6)34(36)26(7,8)16-18;;/h17-18,35-36H,9-16H2,1-8H3;2*1H. The Morgan fingerprint density at radius 3 is 1.14 bits per heavy atom. The Balaban J connectivity index is 0.00000242. The van der Waals surface area contributed by atoms with Crippen LogP contribution in [0, 0.1) is 0 Å². The van der Waals surface area contributed by atoms with Crippen molar-refractivity contribution in [2.24, 2.45) is 0 Å². The predicted octanol–water partition coefficient (Wildman–Crippen LogP) is 5.14. The van der Waals surface area contributed by atoms with Crippen LogP contribution in [0.3, 0.4) is 0 Å². The molecular formula is C26H46Cl2N8O4S2. The van der Waals surface area contributed by atoms with Crippen LogP contribution in [0.25, 0.3) is 0 Å². The van der Waals surface area contributed by atoms with Crippen LogP contribution < -0.4 is 19.3 Å². The summed E-state index contributed by atoms with van der Waals surface area (Å²) in [5.41, 5.74) is -1.60. The monoisotopic (exact) mass is 668 g/mol. The van der Waals surface area contributed by atoms with Crippen LogP contribution >= 0.6 is 48.3 Å². The molecular weight excluding hydrogens is 623 g/mol.